The lowest BCUT2D eigenvalue weighted by Gasteiger charge is -2.11. The lowest BCUT2D eigenvalue weighted by atomic mass is 10.2. The molecule has 0 atom stereocenters. The third-order valence-electron chi connectivity index (χ3n) is 4.29. The standard InChI is InChI=1S/C18H22N4O2/c1-12-9-14-10-15(5-6-17(14)22(12)7-8-24-4)20-16-11-19-21(3)18(23)13(16)2/h5-6,9-11,20H,7-8H2,1-4H3. The number of anilines is 2. The molecule has 0 saturated carbocycles. The fourth-order valence-corrected chi connectivity index (χ4v) is 2.90. The SMILES string of the molecule is COCCn1c(C)cc2cc(Nc3cnn(C)c(=O)c3C)ccc21. The van der Waals surface area contributed by atoms with Crippen LogP contribution >= 0.6 is 0 Å². The Morgan fingerprint density at radius 2 is 2.04 bits per heavy atom. The van der Waals surface area contributed by atoms with Crippen LogP contribution < -0.4 is 10.9 Å². The zero-order valence-electron chi connectivity index (χ0n) is 14.5. The highest BCUT2D eigenvalue weighted by Crippen LogP contribution is 2.25. The van der Waals surface area contributed by atoms with E-state index in [9.17, 15) is 4.79 Å². The number of methoxy groups -OCH3 is 1. The molecule has 0 bridgehead atoms. The van der Waals surface area contributed by atoms with Crippen LogP contribution in [0.3, 0.4) is 0 Å². The van der Waals surface area contributed by atoms with E-state index in [4.69, 9.17) is 4.74 Å². The summed E-state index contributed by atoms with van der Waals surface area (Å²) < 4.78 is 8.76. The van der Waals surface area contributed by atoms with E-state index in [0.717, 1.165) is 23.3 Å². The Kier molecular flexibility index (Phi) is 4.40. The van der Waals surface area contributed by atoms with Crippen molar-refractivity contribution >= 4 is 22.3 Å². The Labute approximate surface area is 140 Å². The van der Waals surface area contributed by atoms with Crippen LogP contribution in [0, 0.1) is 13.8 Å². The van der Waals surface area contributed by atoms with E-state index < -0.39 is 0 Å². The molecule has 126 valence electrons. The molecule has 0 unspecified atom stereocenters. The lowest BCUT2D eigenvalue weighted by Crippen LogP contribution is -2.22. The Morgan fingerprint density at radius 3 is 2.79 bits per heavy atom. The maximum Gasteiger partial charge on any atom is 0.271 e. The summed E-state index contributed by atoms with van der Waals surface area (Å²) in [6.07, 6.45) is 1.68. The fourth-order valence-electron chi connectivity index (χ4n) is 2.90. The van der Waals surface area contributed by atoms with Crippen LogP contribution in [0.5, 0.6) is 0 Å². The molecule has 0 amide bonds. The topological polar surface area (TPSA) is 61.1 Å². The quantitative estimate of drug-likeness (QED) is 0.783. The van der Waals surface area contributed by atoms with E-state index in [0.29, 0.717) is 12.2 Å². The van der Waals surface area contributed by atoms with E-state index in [1.807, 2.05) is 6.07 Å². The molecule has 6 heteroatoms. The summed E-state index contributed by atoms with van der Waals surface area (Å²) in [5, 5.41) is 8.52. The van der Waals surface area contributed by atoms with Gasteiger partial charge in [-0.25, -0.2) is 4.68 Å². The molecule has 2 heterocycles. The van der Waals surface area contributed by atoms with E-state index >= 15 is 0 Å². The molecule has 0 aliphatic heterocycles. The smallest absolute Gasteiger partial charge is 0.271 e. The molecule has 0 fully saturated rings. The Hall–Kier alpha value is -2.60. The minimum Gasteiger partial charge on any atom is -0.383 e. The van der Waals surface area contributed by atoms with E-state index in [2.05, 4.69) is 40.1 Å². The van der Waals surface area contributed by atoms with Crippen molar-refractivity contribution in [3.8, 4) is 0 Å². The van der Waals surface area contributed by atoms with Gasteiger partial charge in [-0.2, -0.15) is 5.10 Å². The molecule has 0 radical (unpaired) electrons. The highest BCUT2D eigenvalue weighted by atomic mass is 16.5. The normalized spacial score (nSPS) is 11.2. The van der Waals surface area contributed by atoms with Crippen molar-refractivity contribution < 1.29 is 4.74 Å². The molecule has 3 rings (SSSR count). The first kappa shape index (κ1) is 16.3. The number of hydrogen-bond acceptors (Lipinski definition) is 4. The monoisotopic (exact) mass is 326 g/mol. The number of aryl methyl sites for hydroxylation is 2. The van der Waals surface area contributed by atoms with Crippen LogP contribution in [-0.4, -0.2) is 28.1 Å². The van der Waals surface area contributed by atoms with Crippen LogP contribution in [0.2, 0.25) is 0 Å². The summed E-state index contributed by atoms with van der Waals surface area (Å²) in [7, 11) is 3.36. The zero-order chi connectivity index (χ0) is 17.3. The summed E-state index contributed by atoms with van der Waals surface area (Å²) in [5.41, 5.74) is 4.60. The van der Waals surface area contributed by atoms with Crippen molar-refractivity contribution in [3.05, 3.63) is 52.1 Å². The first-order valence-corrected chi connectivity index (χ1v) is 7.90. The molecule has 3 aromatic rings. The van der Waals surface area contributed by atoms with Gasteiger partial charge in [0.1, 0.15) is 0 Å². The number of fused-ring (bicyclic) bond motifs is 1. The Bertz CT molecular complexity index is 940. The summed E-state index contributed by atoms with van der Waals surface area (Å²) >= 11 is 0. The summed E-state index contributed by atoms with van der Waals surface area (Å²) in [6.45, 7) is 5.41. The molecular formula is C18H22N4O2. The van der Waals surface area contributed by atoms with Crippen molar-refractivity contribution in [1.29, 1.82) is 0 Å². The van der Waals surface area contributed by atoms with Gasteiger partial charge in [0.25, 0.3) is 5.56 Å². The van der Waals surface area contributed by atoms with Crippen molar-refractivity contribution in [2.24, 2.45) is 7.05 Å². The number of benzene rings is 1. The molecule has 1 aromatic carbocycles. The third-order valence-corrected chi connectivity index (χ3v) is 4.29. The average Bonchev–Trinajstić information content (AvgIpc) is 2.88. The van der Waals surface area contributed by atoms with Gasteiger partial charge in [-0.05, 0) is 38.1 Å². The minimum atomic E-state index is -0.0948. The highest BCUT2D eigenvalue weighted by molar-refractivity contribution is 5.85. The maximum absolute atomic E-state index is 12.0. The van der Waals surface area contributed by atoms with E-state index in [1.54, 1.807) is 27.3 Å². The number of nitrogens with one attached hydrogen (secondary N) is 1. The van der Waals surface area contributed by atoms with Crippen molar-refractivity contribution in [2.45, 2.75) is 20.4 Å². The van der Waals surface area contributed by atoms with Gasteiger partial charge in [-0.15, -0.1) is 0 Å². The third kappa shape index (κ3) is 2.92. The van der Waals surface area contributed by atoms with E-state index in [1.165, 1.54) is 15.9 Å². The number of hydrogen-bond donors (Lipinski definition) is 1. The molecule has 24 heavy (non-hydrogen) atoms. The molecule has 2 aromatic heterocycles. The molecular weight excluding hydrogens is 304 g/mol. The predicted molar refractivity (Wildman–Crippen MR) is 96.0 cm³/mol. The molecule has 0 spiro atoms. The number of ether oxygens (including phenoxy) is 1. The Morgan fingerprint density at radius 1 is 1.25 bits per heavy atom. The van der Waals surface area contributed by atoms with Gasteiger partial charge in [-0.1, -0.05) is 0 Å². The van der Waals surface area contributed by atoms with Gasteiger partial charge in [0.05, 0.1) is 18.5 Å². The van der Waals surface area contributed by atoms with Crippen LogP contribution in [-0.2, 0) is 18.3 Å². The van der Waals surface area contributed by atoms with Crippen molar-refractivity contribution in [1.82, 2.24) is 14.3 Å². The van der Waals surface area contributed by atoms with Gasteiger partial charge >= 0.3 is 0 Å². The van der Waals surface area contributed by atoms with E-state index in [-0.39, 0.29) is 5.56 Å². The lowest BCUT2D eigenvalue weighted by molar-refractivity contribution is 0.188. The van der Waals surface area contributed by atoms with Gasteiger partial charge in [0.15, 0.2) is 0 Å². The van der Waals surface area contributed by atoms with Crippen molar-refractivity contribution in [3.63, 3.8) is 0 Å². The molecule has 6 nitrogen and oxygen atoms in total. The second kappa shape index (κ2) is 6.49. The van der Waals surface area contributed by atoms with Gasteiger partial charge in [-0.3, -0.25) is 4.79 Å². The summed E-state index contributed by atoms with van der Waals surface area (Å²) in [5.74, 6) is 0. The number of nitrogens with zero attached hydrogens (tertiary/aromatic N) is 3. The molecule has 0 saturated heterocycles. The molecule has 0 aliphatic carbocycles. The van der Waals surface area contributed by atoms with Crippen LogP contribution in [0.25, 0.3) is 10.9 Å². The average molecular weight is 326 g/mol. The van der Waals surface area contributed by atoms with Crippen LogP contribution in [0.4, 0.5) is 11.4 Å². The van der Waals surface area contributed by atoms with Gasteiger partial charge in [0.2, 0.25) is 0 Å². The maximum atomic E-state index is 12.0. The van der Waals surface area contributed by atoms with Crippen LogP contribution in [0.15, 0.2) is 35.3 Å². The zero-order valence-corrected chi connectivity index (χ0v) is 14.5. The first-order chi connectivity index (χ1) is 11.5. The largest absolute Gasteiger partial charge is 0.383 e. The minimum absolute atomic E-state index is 0.0948. The number of aromatic nitrogens is 3. The number of rotatable bonds is 5. The highest BCUT2D eigenvalue weighted by Gasteiger charge is 2.09. The van der Waals surface area contributed by atoms with Crippen molar-refractivity contribution in [2.75, 3.05) is 19.0 Å². The second-order valence-corrected chi connectivity index (χ2v) is 5.94. The molecule has 0 aliphatic rings. The Balaban J connectivity index is 1.95. The molecule has 1 N–H and O–H groups in total. The van der Waals surface area contributed by atoms with Crippen LogP contribution in [0.1, 0.15) is 11.3 Å². The first-order valence-electron chi connectivity index (χ1n) is 7.90. The van der Waals surface area contributed by atoms with Gasteiger partial charge in [0, 0.05) is 48.5 Å². The summed E-state index contributed by atoms with van der Waals surface area (Å²) in [4.78, 5) is 12.0. The predicted octanol–water partition coefficient (Wildman–Crippen LogP) is 2.74. The summed E-state index contributed by atoms with van der Waals surface area (Å²) in [6, 6.07) is 8.35. The second-order valence-electron chi connectivity index (χ2n) is 5.94. The van der Waals surface area contributed by atoms with Gasteiger partial charge < -0.3 is 14.6 Å². The fraction of sp³-hybridized carbons (Fsp3) is 0.333.